The minimum absolute atomic E-state index is 0.132. The molecule has 1 aliphatic rings. The number of carbonyl (C=O) groups excluding carboxylic acids is 3. The number of nitrogens with one attached hydrogen (secondary N) is 1. The maximum absolute atomic E-state index is 12.9. The highest BCUT2D eigenvalue weighted by Gasteiger charge is 2.25. The lowest BCUT2D eigenvalue weighted by atomic mass is 10.1. The number of hydrogen-bond acceptors (Lipinski definition) is 5. The first kappa shape index (κ1) is 18.1. The number of benzene rings is 2. The number of esters is 1. The molecule has 0 spiro atoms. The zero-order valence-corrected chi connectivity index (χ0v) is 14.9. The average molecular weight is 373 g/mol. The van der Waals surface area contributed by atoms with E-state index < -0.39 is 23.7 Å². The summed E-state index contributed by atoms with van der Waals surface area (Å²) >= 11 is 1.41. The Morgan fingerprint density at radius 2 is 1.81 bits per heavy atom. The van der Waals surface area contributed by atoms with Gasteiger partial charge in [-0.1, -0.05) is 0 Å². The number of amides is 1. The van der Waals surface area contributed by atoms with E-state index in [0.717, 1.165) is 4.90 Å². The molecule has 0 bridgehead atoms. The van der Waals surface area contributed by atoms with E-state index in [4.69, 9.17) is 4.74 Å². The lowest BCUT2D eigenvalue weighted by Crippen LogP contribution is -2.27. The van der Waals surface area contributed by atoms with Crippen molar-refractivity contribution < 1.29 is 23.5 Å². The number of hydrogen-bond donors (Lipinski definition) is 1. The van der Waals surface area contributed by atoms with Crippen molar-refractivity contribution in [1.29, 1.82) is 0 Å². The van der Waals surface area contributed by atoms with Crippen molar-refractivity contribution >= 4 is 35.1 Å². The summed E-state index contributed by atoms with van der Waals surface area (Å²) in [5.41, 5.74) is 1.04. The molecule has 134 valence electrons. The van der Waals surface area contributed by atoms with Crippen LogP contribution in [0.3, 0.4) is 0 Å². The monoisotopic (exact) mass is 373 g/mol. The van der Waals surface area contributed by atoms with E-state index in [0.29, 0.717) is 5.69 Å². The molecule has 0 fully saturated rings. The lowest BCUT2D eigenvalue weighted by molar-refractivity contribution is -0.115. The van der Waals surface area contributed by atoms with Gasteiger partial charge < -0.3 is 10.1 Å². The third-order valence-corrected chi connectivity index (χ3v) is 5.11. The van der Waals surface area contributed by atoms with Gasteiger partial charge in [-0.05, 0) is 56.3 Å². The van der Waals surface area contributed by atoms with E-state index >= 15 is 0 Å². The largest absolute Gasteiger partial charge is 0.451 e. The summed E-state index contributed by atoms with van der Waals surface area (Å²) < 4.78 is 18.2. The van der Waals surface area contributed by atoms with Crippen LogP contribution >= 0.6 is 11.8 Å². The van der Waals surface area contributed by atoms with Gasteiger partial charge in [0.05, 0.1) is 16.5 Å². The van der Waals surface area contributed by atoms with E-state index in [-0.39, 0.29) is 22.3 Å². The SMILES string of the molecule is C[C@H](OC(=O)c1ccc2c(c1)NC(=O)[C@@H](C)S2)C(=O)c1ccc(F)cc1. The Kier molecular flexibility index (Phi) is 5.08. The van der Waals surface area contributed by atoms with Gasteiger partial charge in [0.15, 0.2) is 6.10 Å². The number of ether oxygens (including phenoxy) is 1. The van der Waals surface area contributed by atoms with Crippen molar-refractivity contribution in [3.8, 4) is 0 Å². The molecule has 0 saturated carbocycles. The molecule has 2 aromatic rings. The number of halogens is 1. The molecule has 2 atom stereocenters. The van der Waals surface area contributed by atoms with Gasteiger partial charge in [0.1, 0.15) is 5.82 Å². The molecule has 26 heavy (non-hydrogen) atoms. The highest BCUT2D eigenvalue weighted by molar-refractivity contribution is 8.00. The highest BCUT2D eigenvalue weighted by Crippen LogP contribution is 2.36. The zero-order valence-electron chi connectivity index (χ0n) is 14.1. The van der Waals surface area contributed by atoms with Gasteiger partial charge in [0, 0.05) is 10.5 Å². The van der Waals surface area contributed by atoms with Crippen molar-refractivity contribution in [2.24, 2.45) is 0 Å². The summed E-state index contributed by atoms with van der Waals surface area (Å²) in [7, 11) is 0. The van der Waals surface area contributed by atoms with Crippen molar-refractivity contribution in [3.63, 3.8) is 0 Å². The van der Waals surface area contributed by atoms with Crippen molar-refractivity contribution in [3.05, 3.63) is 59.4 Å². The van der Waals surface area contributed by atoms with Gasteiger partial charge >= 0.3 is 5.97 Å². The first-order valence-corrected chi connectivity index (χ1v) is 8.85. The molecule has 1 amide bonds. The first-order chi connectivity index (χ1) is 12.3. The summed E-state index contributed by atoms with van der Waals surface area (Å²) in [6.07, 6.45) is -1.02. The van der Waals surface area contributed by atoms with Gasteiger partial charge in [0.25, 0.3) is 0 Å². The van der Waals surface area contributed by atoms with Crippen molar-refractivity contribution in [2.45, 2.75) is 30.1 Å². The maximum Gasteiger partial charge on any atom is 0.338 e. The molecule has 0 aromatic heterocycles. The molecule has 1 N–H and O–H groups in total. The third-order valence-electron chi connectivity index (χ3n) is 3.93. The molecule has 7 heteroatoms. The van der Waals surface area contributed by atoms with E-state index in [1.165, 1.54) is 49.0 Å². The first-order valence-electron chi connectivity index (χ1n) is 7.97. The van der Waals surface area contributed by atoms with E-state index in [2.05, 4.69) is 5.32 Å². The predicted molar refractivity (Wildman–Crippen MR) is 96.0 cm³/mol. The Morgan fingerprint density at radius 1 is 1.15 bits per heavy atom. The molecule has 0 saturated heterocycles. The number of rotatable bonds is 4. The van der Waals surface area contributed by atoms with Gasteiger partial charge in [-0.25, -0.2) is 9.18 Å². The Labute approximate surface area is 153 Å². The summed E-state index contributed by atoms with van der Waals surface area (Å²) in [6, 6.07) is 9.89. The molecule has 1 aliphatic heterocycles. The lowest BCUT2D eigenvalue weighted by Gasteiger charge is -2.21. The standard InChI is InChI=1S/C19H16FNO4S/c1-10(17(22)12-3-6-14(20)7-4-12)25-19(24)13-5-8-16-15(9-13)21-18(23)11(2)26-16/h3-11H,1-2H3,(H,21,23)/t10-,11+/m0/s1. The molecule has 5 nitrogen and oxygen atoms in total. The topological polar surface area (TPSA) is 72.5 Å². The molecule has 3 rings (SSSR count). The Balaban J connectivity index is 1.72. The van der Waals surface area contributed by atoms with Crippen LogP contribution in [0.15, 0.2) is 47.4 Å². The van der Waals surface area contributed by atoms with Crippen LogP contribution < -0.4 is 5.32 Å². The van der Waals surface area contributed by atoms with Crippen LogP contribution in [0.25, 0.3) is 0 Å². The quantitative estimate of drug-likeness (QED) is 0.654. The molecule has 0 unspecified atom stereocenters. The predicted octanol–water partition coefficient (Wildman–Crippen LogP) is 3.69. The fraction of sp³-hybridized carbons (Fsp3) is 0.211. The second-order valence-corrected chi connectivity index (χ2v) is 7.26. The van der Waals surface area contributed by atoms with Crippen molar-refractivity contribution in [1.82, 2.24) is 0 Å². The summed E-state index contributed by atoms with van der Waals surface area (Å²) in [5.74, 6) is -1.68. The normalized spacial score (nSPS) is 17.0. The Hall–Kier alpha value is -2.67. The number of ketones is 1. The second-order valence-electron chi connectivity index (χ2n) is 5.88. The number of thioether (sulfide) groups is 1. The van der Waals surface area contributed by atoms with Gasteiger partial charge in [-0.2, -0.15) is 0 Å². The number of carbonyl (C=O) groups is 3. The molecule has 2 aromatic carbocycles. The van der Waals surface area contributed by atoms with Crippen LogP contribution in [0.1, 0.15) is 34.6 Å². The van der Waals surface area contributed by atoms with Crippen LogP contribution in [-0.2, 0) is 9.53 Å². The zero-order chi connectivity index (χ0) is 18.8. The summed E-state index contributed by atoms with van der Waals surface area (Å²) in [6.45, 7) is 3.26. The summed E-state index contributed by atoms with van der Waals surface area (Å²) in [4.78, 5) is 37.2. The highest BCUT2D eigenvalue weighted by atomic mass is 32.2. The van der Waals surface area contributed by atoms with Crippen LogP contribution in [0, 0.1) is 5.82 Å². The van der Waals surface area contributed by atoms with Crippen LogP contribution in [0.4, 0.5) is 10.1 Å². The Bertz CT molecular complexity index is 882. The van der Waals surface area contributed by atoms with Gasteiger partial charge in [-0.15, -0.1) is 11.8 Å². The van der Waals surface area contributed by atoms with E-state index in [9.17, 15) is 18.8 Å². The molecular weight excluding hydrogens is 357 g/mol. The minimum Gasteiger partial charge on any atom is -0.451 e. The fourth-order valence-electron chi connectivity index (χ4n) is 2.47. The number of anilines is 1. The number of fused-ring (bicyclic) bond motifs is 1. The molecule has 0 aliphatic carbocycles. The second kappa shape index (κ2) is 7.29. The van der Waals surface area contributed by atoms with Crippen LogP contribution in [0.5, 0.6) is 0 Å². The summed E-state index contributed by atoms with van der Waals surface area (Å²) in [5, 5.41) is 2.54. The fourth-order valence-corrected chi connectivity index (χ4v) is 3.40. The van der Waals surface area contributed by atoms with Crippen LogP contribution in [0.2, 0.25) is 0 Å². The molecule has 0 radical (unpaired) electrons. The van der Waals surface area contributed by atoms with Crippen LogP contribution in [-0.4, -0.2) is 29.0 Å². The average Bonchev–Trinajstić information content (AvgIpc) is 2.62. The Morgan fingerprint density at radius 3 is 2.50 bits per heavy atom. The van der Waals surface area contributed by atoms with E-state index in [1.54, 1.807) is 19.1 Å². The minimum atomic E-state index is -1.02. The molecule has 1 heterocycles. The molecular formula is C19H16FNO4S. The maximum atomic E-state index is 12.9. The third kappa shape index (κ3) is 3.77. The van der Waals surface area contributed by atoms with Crippen molar-refractivity contribution in [2.75, 3.05) is 5.32 Å². The van der Waals surface area contributed by atoms with Gasteiger partial charge in [0.2, 0.25) is 11.7 Å². The van der Waals surface area contributed by atoms with Gasteiger partial charge in [-0.3, -0.25) is 9.59 Å². The van der Waals surface area contributed by atoms with E-state index in [1.807, 2.05) is 0 Å². The smallest absolute Gasteiger partial charge is 0.338 e. The number of Topliss-reactive ketones (excluding diaryl/α,β-unsaturated/α-hetero) is 1.